The molecule has 1 atom stereocenters. The normalized spacial score (nSPS) is 23.3. The van der Waals surface area contributed by atoms with Crippen molar-refractivity contribution in [1.82, 2.24) is 9.80 Å². The summed E-state index contributed by atoms with van der Waals surface area (Å²) in [4.78, 5) is 27.8. The first-order chi connectivity index (χ1) is 11.1. The van der Waals surface area contributed by atoms with Crippen molar-refractivity contribution in [2.75, 3.05) is 26.2 Å². The Bertz CT molecular complexity index is 539. The molecule has 0 spiro atoms. The molecule has 1 aliphatic carbocycles. The third kappa shape index (κ3) is 4.13. The minimum absolute atomic E-state index is 0.112. The first-order valence-electron chi connectivity index (χ1n) is 8.37. The number of amides is 1. The van der Waals surface area contributed by atoms with E-state index in [4.69, 9.17) is 4.42 Å². The second-order valence-corrected chi connectivity index (χ2v) is 6.69. The molecule has 6 nitrogen and oxygen atoms in total. The van der Waals surface area contributed by atoms with E-state index in [-0.39, 0.29) is 5.91 Å². The van der Waals surface area contributed by atoms with Crippen LogP contribution in [-0.2, 0) is 16.1 Å². The monoisotopic (exact) mass is 320 g/mol. The lowest BCUT2D eigenvalue weighted by Gasteiger charge is -2.29. The summed E-state index contributed by atoms with van der Waals surface area (Å²) in [6.45, 7) is 2.62. The molecule has 0 radical (unpaired) electrons. The Balaban J connectivity index is 1.62. The Morgan fingerprint density at radius 1 is 1.26 bits per heavy atom. The minimum atomic E-state index is -0.835. The minimum Gasteiger partial charge on any atom is -0.481 e. The Labute approximate surface area is 136 Å². The lowest BCUT2D eigenvalue weighted by Crippen LogP contribution is -2.39. The van der Waals surface area contributed by atoms with E-state index < -0.39 is 11.9 Å². The molecule has 1 aliphatic heterocycles. The number of carboxylic acids is 1. The molecule has 0 aromatic carbocycles. The van der Waals surface area contributed by atoms with Gasteiger partial charge in [0, 0.05) is 32.6 Å². The number of nitrogens with zero attached hydrogens (tertiary/aromatic N) is 2. The molecule has 2 aliphatic rings. The van der Waals surface area contributed by atoms with Crippen LogP contribution in [0.25, 0.3) is 0 Å². The summed E-state index contributed by atoms with van der Waals surface area (Å²) in [5, 5.41) is 9.46. The SMILES string of the molecule is O=C(O)C1CN(Cc2ccco2)CCN(C(=O)CC2CCC2)C1. The number of rotatable bonds is 5. The summed E-state index contributed by atoms with van der Waals surface area (Å²) in [7, 11) is 0. The predicted molar refractivity (Wildman–Crippen MR) is 83.6 cm³/mol. The highest BCUT2D eigenvalue weighted by molar-refractivity contribution is 5.78. The molecular formula is C17H24N2O4. The second kappa shape index (κ2) is 7.17. The molecule has 1 unspecified atom stereocenters. The summed E-state index contributed by atoms with van der Waals surface area (Å²) < 4.78 is 5.35. The van der Waals surface area contributed by atoms with Gasteiger partial charge in [-0.05, 0) is 30.9 Å². The second-order valence-electron chi connectivity index (χ2n) is 6.69. The molecule has 23 heavy (non-hydrogen) atoms. The van der Waals surface area contributed by atoms with Gasteiger partial charge in [-0.3, -0.25) is 14.5 Å². The number of hydrogen-bond donors (Lipinski definition) is 1. The number of furan rings is 1. The van der Waals surface area contributed by atoms with Crippen molar-refractivity contribution in [1.29, 1.82) is 0 Å². The van der Waals surface area contributed by atoms with Crippen LogP contribution >= 0.6 is 0 Å². The van der Waals surface area contributed by atoms with Crippen LogP contribution in [0.15, 0.2) is 22.8 Å². The largest absolute Gasteiger partial charge is 0.481 e. The Morgan fingerprint density at radius 3 is 2.70 bits per heavy atom. The van der Waals surface area contributed by atoms with Crippen molar-refractivity contribution in [3.05, 3.63) is 24.2 Å². The maximum atomic E-state index is 12.4. The van der Waals surface area contributed by atoms with E-state index in [2.05, 4.69) is 4.90 Å². The standard InChI is InChI=1S/C17H24N2O4/c20-16(9-13-3-1-4-13)19-7-6-18(10-14(11-19)17(21)22)12-15-5-2-8-23-15/h2,5,8,13-14H,1,3-4,6-7,9-12H2,(H,21,22). The summed E-state index contributed by atoms with van der Waals surface area (Å²) in [6.07, 6.45) is 5.67. The van der Waals surface area contributed by atoms with Crippen LogP contribution in [0.5, 0.6) is 0 Å². The molecule has 1 N–H and O–H groups in total. The highest BCUT2D eigenvalue weighted by Crippen LogP contribution is 2.30. The molecular weight excluding hydrogens is 296 g/mol. The van der Waals surface area contributed by atoms with Gasteiger partial charge in [0.15, 0.2) is 0 Å². The van der Waals surface area contributed by atoms with Crippen molar-refractivity contribution >= 4 is 11.9 Å². The Hall–Kier alpha value is -1.82. The van der Waals surface area contributed by atoms with Crippen LogP contribution in [0, 0.1) is 11.8 Å². The quantitative estimate of drug-likeness (QED) is 0.896. The summed E-state index contributed by atoms with van der Waals surface area (Å²) >= 11 is 0. The van der Waals surface area contributed by atoms with Crippen molar-refractivity contribution in [3.63, 3.8) is 0 Å². The highest BCUT2D eigenvalue weighted by atomic mass is 16.4. The highest BCUT2D eigenvalue weighted by Gasteiger charge is 2.31. The van der Waals surface area contributed by atoms with Crippen molar-refractivity contribution < 1.29 is 19.1 Å². The fourth-order valence-corrected chi connectivity index (χ4v) is 3.30. The smallest absolute Gasteiger partial charge is 0.309 e. The zero-order chi connectivity index (χ0) is 16.2. The van der Waals surface area contributed by atoms with E-state index in [1.807, 2.05) is 12.1 Å². The summed E-state index contributed by atoms with van der Waals surface area (Å²) in [6, 6.07) is 3.72. The van der Waals surface area contributed by atoms with Gasteiger partial charge in [0.25, 0.3) is 0 Å². The average molecular weight is 320 g/mol. The fraction of sp³-hybridized carbons (Fsp3) is 0.647. The molecule has 1 aromatic rings. The van der Waals surface area contributed by atoms with Crippen LogP contribution in [0.2, 0.25) is 0 Å². The number of carboxylic acid groups (broad SMARTS) is 1. The van der Waals surface area contributed by atoms with Crippen LogP contribution in [0.3, 0.4) is 0 Å². The third-order valence-electron chi connectivity index (χ3n) is 4.96. The van der Waals surface area contributed by atoms with Crippen molar-refractivity contribution in [2.45, 2.75) is 32.2 Å². The van der Waals surface area contributed by atoms with Gasteiger partial charge in [-0.15, -0.1) is 0 Å². The third-order valence-corrected chi connectivity index (χ3v) is 4.96. The van der Waals surface area contributed by atoms with Crippen LogP contribution in [0.4, 0.5) is 0 Å². The fourth-order valence-electron chi connectivity index (χ4n) is 3.30. The molecule has 2 fully saturated rings. The molecule has 1 amide bonds. The Morgan fingerprint density at radius 2 is 2.09 bits per heavy atom. The van der Waals surface area contributed by atoms with Gasteiger partial charge < -0.3 is 14.4 Å². The van der Waals surface area contributed by atoms with Gasteiger partial charge in [0.1, 0.15) is 5.76 Å². The molecule has 6 heteroatoms. The maximum Gasteiger partial charge on any atom is 0.309 e. The molecule has 126 valence electrons. The molecule has 2 heterocycles. The van der Waals surface area contributed by atoms with Gasteiger partial charge in [0.2, 0.25) is 5.91 Å². The first kappa shape index (κ1) is 16.1. The molecule has 1 saturated heterocycles. The van der Waals surface area contributed by atoms with Gasteiger partial charge in [-0.25, -0.2) is 0 Å². The number of hydrogen-bond acceptors (Lipinski definition) is 4. The number of aliphatic carboxylic acids is 1. The van der Waals surface area contributed by atoms with E-state index in [0.717, 1.165) is 18.6 Å². The van der Waals surface area contributed by atoms with Crippen molar-refractivity contribution in [2.24, 2.45) is 11.8 Å². The zero-order valence-electron chi connectivity index (χ0n) is 13.3. The summed E-state index contributed by atoms with van der Waals surface area (Å²) in [5.41, 5.74) is 0. The lowest BCUT2D eigenvalue weighted by atomic mass is 9.82. The molecule has 0 bridgehead atoms. The van der Waals surface area contributed by atoms with Gasteiger partial charge in [-0.2, -0.15) is 0 Å². The summed E-state index contributed by atoms with van der Waals surface area (Å²) in [5.74, 6) is 0.0630. The van der Waals surface area contributed by atoms with E-state index >= 15 is 0 Å². The van der Waals surface area contributed by atoms with E-state index in [0.29, 0.717) is 45.1 Å². The molecule has 3 rings (SSSR count). The van der Waals surface area contributed by atoms with Gasteiger partial charge in [0.05, 0.1) is 18.7 Å². The van der Waals surface area contributed by atoms with E-state index in [1.165, 1.54) is 6.42 Å². The number of carbonyl (C=O) groups excluding carboxylic acids is 1. The van der Waals surface area contributed by atoms with Crippen LogP contribution < -0.4 is 0 Å². The maximum absolute atomic E-state index is 12.4. The first-order valence-corrected chi connectivity index (χ1v) is 8.37. The zero-order valence-corrected chi connectivity index (χ0v) is 13.3. The van der Waals surface area contributed by atoms with E-state index in [1.54, 1.807) is 11.2 Å². The predicted octanol–water partition coefficient (Wildman–Crippen LogP) is 1.81. The van der Waals surface area contributed by atoms with Crippen LogP contribution in [-0.4, -0.2) is 53.0 Å². The lowest BCUT2D eigenvalue weighted by molar-refractivity contribution is -0.143. The average Bonchev–Trinajstić information content (AvgIpc) is 2.88. The van der Waals surface area contributed by atoms with E-state index in [9.17, 15) is 14.7 Å². The van der Waals surface area contributed by atoms with Crippen molar-refractivity contribution in [3.8, 4) is 0 Å². The van der Waals surface area contributed by atoms with Gasteiger partial charge in [-0.1, -0.05) is 6.42 Å². The van der Waals surface area contributed by atoms with Gasteiger partial charge >= 0.3 is 5.97 Å². The van der Waals surface area contributed by atoms with Crippen LogP contribution in [0.1, 0.15) is 31.4 Å². The Kier molecular flexibility index (Phi) is 5.00. The molecule has 1 saturated carbocycles. The molecule has 1 aromatic heterocycles. The topological polar surface area (TPSA) is 74.0 Å². The number of carbonyl (C=O) groups is 2.